The lowest BCUT2D eigenvalue weighted by Gasteiger charge is -2.03. The Morgan fingerprint density at radius 3 is 2.27 bits per heavy atom. The molecule has 1 aromatic rings. The standard InChI is InChI=1S/C8H12NO.ClH/c1-7(10-9)8-5-3-2-4-6-8;/h2-7H,1,9H3;1H/q+1;/p-1. The molecule has 0 aliphatic heterocycles. The summed E-state index contributed by atoms with van der Waals surface area (Å²) in [5.41, 5.74) is 1.16. The lowest BCUT2D eigenvalue weighted by atomic mass is 10.1. The van der Waals surface area contributed by atoms with Crippen LogP contribution in [0.15, 0.2) is 30.3 Å². The minimum atomic E-state index is 0. The van der Waals surface area contributed by atoms with Gasteiger partial charge in [-0.05, 0) is 12.5 Å². The van der Waals surface area contributed by atoms with Crippen molar-refractivity contribution in [2.24, 2.45) is 0 Å². The number of hydrogen-bond acceptors (Lipinski definition) is 1. The normalized spacial score (nSPS) is 11.8. The minimum Gasteiger partial charge on any atom is -1.00 e. The summed E-state index contributed by atoms with van der Waals surface area (Å²) in [5, 5.41) is 0. The van der Waals surface area contributed by atoms with Crippen molar-refractivity contribution in [3.05, 3.63) is 35.9 Å². The molecule has 0 fully saturated rings. The monoisotopic (exact) mass is 173 g/mol. The van der Waals surface area contributed by atoms with E-state index in [1.54, 1.807) is 0 Å². The second kappa shape index (κ2) is 5.13. The minimum absolute atomic E-state index is 0. The van der Waals surface area contributed by atoms with E-state index < -0.39 is 0 Å². The van der Waals surface area contributed by atoms with Crippen molar-refractivity contribution >= 4 is 0 Å². The van der Waals surface area contributed by atoms with Gasteiger partial charge in [-0.2, -0.15) is 0 Å². The van der Waals surface area contributed by atoms with Gasteiger partial charge in [0.2, 0.25) is 0 Å². The first-order chi connectivity index (χ1) is 4.84. The molecule has 0 heterocycles. The number of halogens is 1. The molecule has 0 bridgehead atoms. The molecule has 0 saturated heterocycles. The molecule has 0 saturated carbocycles. The lowest BCUT2D eigenvalue weighted by Crippen LogP contribution is -3.00. The second-order valence-corrected chi connectivity index (χ2v) is 2.22. The highest BCUT2D eigenvalue weighted by molar-refractivity contribution is 5.16. The first-order valence-corrected chi connectivity index (χ1v) is 3.30. The fourth-order valence-corrected chi connectivity index (χ4v) is 0.820. The predicted molar refractivity (Wildman–Crippen MR) is 38.8 cm³/mol. The maximum Gasteiger partial charge on any atom is 0.139 e. The third-order valence-corrected chi connectivity index (χ3v) is 1.52. The maximum atomic E-state index is 4.89. The lowest BCUT2D eigenvalue weighted by molar-refractivity contribution is -0.704. The van der Waals surface area contributed by atoms with Crippen LogP contribution in [0.25, 0.3) is 0 Å². The van der Waals surface area contributed by atoms with Crippen LogP contribution in [0.2, 0.25) is 0 Å². The van der Waals surface area contributed by atoms with Crippen LogP contribution in [-0.2, 0) is 4.84 Å². The molecule has 1 atom stereocenters. The summed E-state index contributed by atoms with van der Waals surface area (Å²) in [4.78, 5) is 4.89. The largest absolute Gasteiger partial charge is 1.00 e. The summed E-state index contributed by atoms with van der Waals surface area (Å²) in [7, 11) is 0. The molecule has 62 valence electrons. The van der Waals surface area contributed by atoms with Crippen LogP contribution in [0.3, 0.4) is 0 Å². The molecule has 0 amide bonds. The van der Waals surface area contributed by atoms with Gasteiger partial charge < -0.3 is 12.4 Å². The van der Waals surface area contributed by atoms with Gasteiger partial charge in [-0.3, -0.25) is 0 Å². The van der Waals surface area contributed by atoms with Crippen molar-refractivity contribution in [2.75, 3.05) is 0 Å². The smallest absolute Gasteiger partial charge is 0.139 e. The maximum absolute atomic E-state index is 4.89. The van der Waals surface area contributed by atoms with E-state index in [0.717, 1.165) is 5.56 Å². The summed E-state index contributed by atoms with van der Waals surface area (Å²) in [6, 6.07) is 10.0. The van der Waals surface area contributed by atoms with Crippen LogP contribution < -0.4 is 18.3 Å². The topological polar surface area (TPSA) is 36.9 Å². The summed E-state index contributed by atoms with van der Waals surface area (Å²) in [5.74, 6) is 3.36. The van der Waals surface area contributed by atoms with Gasteiger partial charge in [0.05, 0.1) is 0 Å². The summed E-state index contributed by atoms with van der Waals surface area (Å²) in [6.07, 6.45) is 0.0983. The molecular weight excluding hydrogens is 162 g/mol. The highest BCUT2D eigenvalue weighted by Crippen LogP contribution is 2.11. The van der Waals surface area contributed by atoms with E-state index in [0.29, 0.717) is 0 Å². The average Bonchev–Trinajstić information content (AvgIpc) is 2.05. The Labute approximate surface area is 72.7 Å². The van der Waals surface area contributed by atoms with Crippen LogP contribution in [0.1, 0.15) is 18.6 Å². The quantitative estimate of drug-likeness (QED) is 0.513. The van der Waals surface area contributed by atoms with Gasteiger partial charge in [-0.25, -0.2) is 10.7 Å². The molecule has 0 aliphatic rings. The van der Waals surface area contributed by atoms with E-state index in [1.165, 1.54) is 0 Å². The Kier molecular flexibility index (Phi) is 4.86. The van der Waals surface area contributed by atoms with Crippen molar-refractivity contribution in [3.8, 4) is 0 Å². The van der Waals surface area contributed by atoms with Gasteiger partial charge in [0.25, 0.3) is 0 Å². The Balaban J connectivity index is 0.000001000. The number of rotatable bonds is 2. The molecule has 0 aliphatic carbocycles. The average molecular weight is 174 g/mol. The molecule has 1 aromatic carbocycles. The Hall–Kier alpha value is -0.570. The summed E-state index contributed by atoms with van der Waals surface area (Å²) < 4.78 is 0. The molecule has 0 radical (unpaired) electrons. The summed E-state index contributed by atoms with van der Waals surface area (Å²) in [6.45, 7) is 1.97. The highest BCUT2D eigenvalue weighted by atomic mass is 35.5. The number of hydrogen-bond donors (Lipinski definition) is 1. The van der Waals surface area contributed by atoms with Gasteiger partial charge in [-0.1, -0.05) is 30.3 Å². The van der Waals surface area contributed by atoms with Crippen molar-refractivity contribution in [1.82, 2.24) is 0 Å². The van der Waals surface area contributed by atoms with Crippen molar-refractivity contribution in [3.63, 3.8) is 0 Å². The zero-order valence-corrected chi connectivity index (χ0v) is 7.21. The predicted octanol–water partition coefficient (Wildman–Crippen LogP) is -2.07. The molecule has 3 heteroatoms. The van der Waals surface area contributed by atoms with E-state index in [1.807, 2.05) is 37.3 Å². The van der Waals surface area contributed by atoms with Crippen LogP contribution in [0.5, 0.6) is 0 Å². The van der Waals surface area contributed by atoms with Gasteiger partial charge in [0.15, 0.2) is 0 Å². The first kappa shape index (κ1) is 10.4. The Morgan fingerprint density at radius 1 is 1.27 bits per heavy atom. The van der Waals surface area contributed by atoms with Crippen LogP contribution in [0, 0.1) is 0 Å². The third kappa shape index (κ3) is 2.89. The van der Waals surface area contributed by atoms with Crippen molar-refractivity contribution < 1.29 is 23.1 Å². The molecule has 2 nitrogen and oxygen atoms in total. The van der Waals surface area contributed by atoms with Gasteiger partial charge in [0, 0.05) is 0 Å². The van der Waals surface area contributed by atoms with Gasteiger partial charge >= 0.3 is 0 Å². The van der Waals surface area contributed by atoms with E-state index in [2.05, 4.69) is 5.90 Å². The number of benzene rings is 1. The molecule has 11 heavy (non-hydrogen) atoms. The first-order valence-electron chi connectivity index (χ1n) is 3.30. The molecule has 0 spiro atoms. The fraction of sp³-hybridized carbons (Fsp3) is 0.250. The SMILES string of the molecule is CC(O[NH3+])c1ccccc1.[Cl-]. The molecule has 3 N–H and O–H groups in total. The van der Waals surface area contributed by atoms with Crippen molar-refractivity contribution in [1.29, 1.82) is 0 Å². The van der Waals surface area contributed by atoms with Crippen molar-refractivity contribution in [2.45, 2.75) is 13.0 Å². The van der Waals surface area contributed by atoms with E-state index in [-0.39, 0.29) is 18.5 Å². The molecular formula is C8H12ClNO. The Morgan fingerprint density at radius 2 is 1.82 bits per heavy atom. The van der Waals surface area contributed by atoms with Crippen LogP contribution in [-0.4, -0.2) is 0 Å². The molecule has 1 rings (SSSR count). The van der Waals surface area contributed by atoms with E-state index >= 15 is 0 Å². The zero-order valence-electron chi connectivity index (χ0n) is 6.46. The third-order valence-electron chi connectivity index (χ3n) is 1.52. The number of quaternary nitrogens is 1. The Bertz CT molecular complexity index is 191. The van der Waals surface area contributed by atoms with E-state index in [9.17, 15) is 0 Å². The van der Waals surface area contributed by atoms with Crippen LogP contribution in [0.4, 0.5) is 0 Å². The summed E-state index contributed by atoms with van der Waals surface area (Å²) >= 11 is 0. The zero-order chi connectivity index (χ0) is 7.40. The van der Waals surface area contributed by atoms with E-state index in [4.69, 9.17) is 4.84 Å². The molecule has 1 unspecified atom stereocenters. The fourth-order valence-electron chi connectivity index (χ4n) is 0.820. The van der Waals surface area contributed by atoms with Gasteiger partial charge in [-0.15, -0.1) is 0 Å². The highest BCUT2D eigenvalue weighted by Gasteiger charge is 2.02. The second-order valence-electron chi connectivity index (χ2n) is 2.22. The van der Waals surface area contributed by atoms with Crippen LogP contribution >= 0.6 is 0 Å². The molecule has 0 aromatic heterocycles. The van der Waals surface area contributed by atoms with Gasteiger partial charge in [0.1, 0.15) is 6.10 Å².